The SMILES string of the molecule is CCCN(CC(=O)O)C(=O)C1CC(=O)N(c2ccc(F)cc2F)C1. The van der Waals surface area contributed by atoms with E-state index in [2.05, 4.69) is 0 Å². The topological polar surface area (TPSA) is 77.9 Å². The molecule has 6 nitrogen and oxygen atoms in total. The third-order valence-corrected chi connectivity index (χ3v) is 3.81. The Hall–Kier alpha value is -2.51. The van der Waals surface area contributed by atoms with Gasteiger partial charge in [-0.3, -0.25) is 14.4 Å². The van der Waals surface area contributed by atoms with Gasteiger partial charge in [-0.1, -0.05) is 6.92 Å². The Morgan fingerprint density at radius 3 is 2.67 bits per heavy atom. The second-order valence-electron chi connectivity index (χ2n) is 5.65. The number of rotatable bonds is 6. The van der Waals surface area contributed by atoms with Crippen LogP contribution >= 0.6 is 0 Å². The first-order chi connectivity index (χ1) is 11.3. The van der Waals surface area contributed by atoms with E-state index >= 15 is 0 Å². The summed E-state index contributed by atoms with van der Waals surface area (Å²) in [6, 6.07) is 2.86. The smallest absolute Gasteiger partial charge is 0.323 e. The Balaban J connectivity index is 2.15. The molecule has 1 fully saturated rings. The molecule has 1 aliphatic rings. The minimum absolute atomic E-state index is 0.0555. The number of nitrogens with zero attached hydrogens (tertiary/aromatic N) is 2. The van der Waals surface area contributed by atoms with Gasteiger partial charge in [0.1, 0.15) is 18.2 Å². The Morgan fingerprint density at radius 2 is 2.08 bits per heavy atom. The quantitative estimate of drug-likeness (QED) is 0.854. The van der Waals surface area contributed by atoms with Crippen molar-refractivity contribution < 1.29 is 28.3 Å². The fraction of sp³-hybridized carbons (Fsp3) is 0.438. The zero-order valence-electron chi connectivity index (χ0n) is 13.2. The number of carboxylic acid groups (broad SMARTS) is 1. The predicted molar refractivity (Wildman–Crippen MR) is 81.3 cm³/mol. The standard InChI is InChI=1S/C16H18F2N2O4/c1-2-5-19(9-15(22)23)16(24)10-6-14(21)20(8-10)13-4-3-11(17)7-12(13)18/h3-4,7,10H,2,5-6,8-9H2,1H3,(H,22,23). The van der Waals surface area contributed by atoms with Crippen molar-refractivity contribution >= 4 is 23.5 Å². The van der Waals surface area contributed by atoms with Crippen LogP contribution in [0.2, 0.25) is 0 Å². The summed E-state index contributed by atoms with van der Waals surface area (Å²) in [5.74, 6) is -4.42. The summed E-state index contributed by atoms with van der Waals surface area (Å²) in [6.45, 7) is 1.57. The molecule has 2 amide bonds. The number of carbonyl (C=O) groups excluding carboxylic acids is 2. The van der Waals surface area contributed by atoms with Crippen LogP contribution in [0.25, 0.3) is 0 Å². The van der Waals surface area contributed by atoms with Crippen LogP contribution in [0.4, 0.5) is 14.5 Å². The first-order valence-corrected chi connectivity index (χ1v) is 7.59. The summed E-state index contributed by atoms with van der Waals surface area (Å²) >= 11 is 0. The van der Waals surface area contributed by atoms with Crippen molar-refractivity contribution in [2.75, 3.05) is 24.5 Å². The molecule has 1 unspecified atom stereocenters. The first-order valence-electron chi connectivity index (χ1n) is 7.59. The molecule has 2 rings (SSSR count). The van der Waals surface area contributed by atoms with Crippen LogP contribution in [-0.4, -0.2) is 47.4 Å². The number of hydrogen-bond donors (Lipinski definition) is 1. The van der Waals surface area contributed by atoms with Crippen molar-refractivity contribution in [3.63, 3.8) is 0 Å². The van der Waals surface area contributed by atoms with Crippen molar-refractivity contribution in [2.45, 2.75) is 19.8 Å². The molecule has 8 heteroatoms. The van der Waals surface area contributed by atoms with E-state index in [1.165, 1.54) is 4.90 Å². The third-order valence-electron chi connectivity index (χ3n) is 3.81. The summed E-state index contributed by atoms with van der Waals surface area (Å²) in [6.07, 6.45) is 0.450. The number of aliphatic carboxylic acids is 1. The van der Waals surface area contributed by atoms with Gasteiger partial charge in [0.05, 0.1) is 11.6 Å². The van der Waals surface area contributed by atoms with Gasteiger partial charge in [-0.2, -0.15) is 0 Å². The van der Waals surface area contributed by atoms with E-state index in [-0.39, 0.29) is 25.2 Å². The fourth-order valence-electron chi connectivity index (χ4n) is 2.76. The maximum atomic E-state index is 13.8. The molecule has 0 aromatic heterocycles. The number of anilines is 1. The molecule has 1 heterocycles. The van der Waals surface area contributed by atoms with Gasteiger partial charge in [-0.05, 0) is 18.6 Å². The average molecular weight is 340 g/mol. The van der Waals surface area contributed by atoms with Crippen LogP contribution < -0.4 is 4.90 Å². The summed E-state index contributed by atoms with van der Waals surface area (Å²) in [4.78, 5) is 37.7. The van der Waals surface area contributed by atoms with Gasteiger partial charge in [-0.25, -0.2) is 8.78 Å². The van der Waals surface area contributed by atoms with Gasteiger partial charge < -0.3 is 14.9 Å². The van der Waals surface area contributed by atoms with Crippen molar-refractivity contribution in [3.05, 3.63) is 29.8 Å². The summed E-state index contributed by atoms with van der Waals surface area (Å²) in [5.41, 5.74) is -0.0861. The molecule has 0 radical (unpaired) electrons. The lowest BCUT2D eigenvalue weighted by Gasteiger charge is -2.23. The molecular weight excluding hydrogens is 322 g/mol. The second kappa shape index (κ2) is 7.37. The molecule has 1 N–H and O–H groups in total. The molecule has 0 spiro atoms. The number of carbonyl (C=O) groups is 3. The van der Waals surface area contributed by atoms with Gasteiger partial charge in [0, 0.05) is 25.6 Å². The molecule has 130 valence electrons. The third kappa shape index (κ3) is 3.87. The zero-order chi connectivity index (χ0) is 17.9. The lowest BCUT2D eigenvalue weighted by molar-refractivity contribution is -0.146. The maximum absolute atomic E-state index is 13.8. The van der Waals surface area contributed by atoms with Gasteiger partial charge in [0.2, 0.25) is 11.8 Å². The van der Waals surface area contributed by atoms with Crippen LogP contribution in [0.3, 0.4) is 0 Å². The molecular formula is C16H18F2N2O4. The molecule has 24 heavy (non-hydrogen) atoms. The van der Waals surface area contributed by atoms with Crippen molar-refractivity contribution in [2.24, 2.45) is 5.92 Å². The molecule has 0 saturated carbocycles. The van der Waals surface area contributed by atoms with Crippen molar-refractivity contribution in [1.29, 1.82) is 0 Å². The first kappa shape index (κ1) is 17.8. The highest BCUT2D eigenvalue weighted by Crippen LogP contribution is 2.28. The van der Waals surface area contributed by atoms with E-state index in [4.69, 9.17) is 5.11 Å². The maximum Gasteiger partial charge on any atom is 0.323 e. The normalized spacial score (nSPS) is 17.2. The fourth-order valence-corrected chi connectivity index (χ4v) is 2.76. The van der Waals surface area contributed by atoms with E-state index in [0.29, 0.717) is 12.5 Å². The second-order valence-corrected chi connectivity index (χ2v) is 5.65. The van der Waals surface area contributed by atoms with E-state index in [1.807, 2.05) is 6.92 Å². The predicted octanol–water partition coefficient (Wildman–Crippen LogP) is 1.64. The van der Waals surface area contributed by atoms with E-state index in [1.54, 1.807) is 0 Å². The molecule has 1 aromatic carbocycles. The van der Waals surface area contributed by atoms with E-state index < -0.39 is 41.9 Å². The van der Waals surface area contributed by atoms with E-state index in [9.17, 15) is 23.2 Å². The largest absolute Gasteiger partial charge is 0.480 e. The molecule has 1 aliphatic heterocycles. The number of halogens is 2. The van der Waals surface area contributed by atoms with Gasteiger partial charge >= 0.3 is 5.97 Å². The highest BCUT2D eigenvalue weighted by molar-refractivity contribution is 6.00. The number of benzene rings is 1. The van der Waals surface area contributed by atoms with Crippen LogP contribution in [0.15, 0.2) is 18.2 Å². The average Bonchev–Trinajstić information content (AvgIpc) is 2.87. The molecule has 0 aliphatic carbocycles. The zero-order valence-corrected chi connectivity index (χ0v) is 13.2. The Kier molecular flexibility index (Phi) is 5.48. The molecule has 1 saturated heterocycles. The van der Waals surface area contributed by atoms with Crippen LogP contribution in [0.5, 0.6) is 0 Å². The number of hydrogen-bond acceptors (Lipinski definition) is 3. The van der Waals surface area contributed by atoms with Crippen molar-refractivity contribution in [3.8, 4) is 0 Å². The summed E-state index contributed by atoms with van der Waals surface area (Å²) < 4.78 is 26.8. The van der Waals surface area contributed by atoms with Crippen LogP contribution in [-0.2, 0) is 14.4 Å². The lowest BCUT2D eigenvalue weighted by Crippen LogP contribution is -2.41. The molecule has 0 bridgehead atoms. The monoisotopic (exact) mass is 340 g/mol. The highest BCUT2D eigenvalue weighted by atomic mass is 19.1. The Labute approximate surface area is 137 Å². The molecule has 1 aromatic rings. The van der Waals surface area contributed by atoms with Gasteiger partial charge in [-0.15, -0.1) is 0 Å². The minimum atomic E-state index is -1.14. The van der Waals surface area contributed by atoms with E-state index in [0.717, 1.165) is 17.0 Å². The van der Waals surface area contributed by atoms with Crippen molar-refractivity contribution in [1.82, 2.24) is 4.90 Å². The summed E-state index contributed by atoms with van der Waals surface area (Å²) in [5, 5.41) is 8.89. The minimum Gasteiger partial charge on any atom is -0.480 e. The Bertz CT molecular complexity index is 665. The van der Waals surface area contributed by atoms with Crippen LogP contribution in [0.1, 0.15) is 19.8 Å². The number of amides is 2. The lowest BCUT2D eigenvalue weighted by atomic mass is 10.1. The Morgan fingerprint density at radius 1 is 1.38 bits per heavy atom. The molecule has 1 atom stereocenters. The van der Waals surface area contributed by atoms with Crippen LogP contribution in [0, 0.1) is 17.6 Å². The van der Waals surface area contributed by atoms with Gasteiger partial charge in [0.25, 0.3) is 0 Å². The summed E-state index contributed by atoms with van der Waals surface area (Å²) in [7, 11) is 0. The highest BCUT2D eigenvalue weighted by Gasteiger charge is 2.38. The number of carboxylic acids is 1. The van der Waals surface area contributed by atoms with Gasteiger partial charge in [0.15, 0.2) is 0 Å².